The Morgan fingerprint density at radius 3 is 2.69 bits per heavy atom. The number of nitrogens with one attached hydrogen (secondary N) is 3. The van der Waals surface area contributed by atoms with Gasteiger partial charge in [-0.1, -0.05) is 30.3 Å². The van der Waals surface area contributed by atoms with Crippen LogP contribution in [0.4, 0.5) is 0 Å². The molecule has 6 nitrogen and oxygen atoms in total. The number of carbonyl (C=O) groups excluding carboxylic acids is 1. The van der Waals surface area contributed by atoms with Gasteiger partial charge >= 0.3 is 0 Å². The molecule has 0 fully saturated rings. The second kappa shape index (κ2) is 10.3. The maximum absolute atomic E-state index is 11.7. The van der Waals surface area contributed by atoms with Gasteiger partial charge in [0.15, 0.2) is 5.96 Å². The van der Waals surface area contributed by atoms with E-state index in [1.807, 2.05) is 24.3 Å². The number of para-hydroxylation sites is 1. The molecule has 1 aromatic heterocycles. The van der Waals surface area contributed by atoms with E-state index in [4.69, 9.17) is 0 Å². The summed E-state index contributed by atoms with van der Waals surface area (Å²) < 4.78 is 2.28. The molecule has 3 N–H and O–H groups in total. The van der Waals surface area contributed by atoms with E-state index in [0.29, 0.717) is 5.56 Å². The van der Waals surface area contributed by atoms with Crippen LogP contribution in [0.1, 0.15) is 22.3 Å². The highest BCUT2D eigenvalue weighted by atomic mass is 16.1. The summed E-state index contributed by atoms with van der Waals surface area (Å²) in [5.74, 6) is 0.734. The molecule has 1 heterocycles. The van der Waals surface area contributed by atoms with Gasteiger partial charge in [-0.25, -0.2) is 0 Å². The van der Waals surface area contributed by atoms with Gasteiger partial charge in [-0.2, -0.15) is 0 Å². The molecule has 0 atom stereocenters. The van der Waals surface area contributed by atoms with Crippen LogP contribution in [0.25, 0.3) is 10.9 Å². The van der Waals surface area contributed by atoms with E-state index in [1.54, 1.807) is 14.1 Å². The molecule has 3 aromatic rings. The van der Waals surface area contributed by atoms with E-state index in [-0.39, 0.29) is 5.91 Å². The minimum Gasteiger partial charge on any atom is -0.356 e. The summed E-state index contributed by atoms with van der Waals surface area (Å²) in [6, 6.07) is 18.3. The fourth-order valence-electron chi connectivity index (χ4n) is 3.35. The van der Waals surface area contributed by atoms with E-state index < -0.39 is 0 Å². The lowest BCUT2D eigenvalue weighted by Crippen LogP contribution is -2.39. The lowest BCUT2D eigenvalue weighted by molar-refractivity contribution is 0.0963. The average Bonchev–Trinajstić information content (AvgIpc) is 3.18. The van der Waals surface area contributed by atoms with E-state index >= 15 is 0 Å². The zero-order valence-electron chi connectivity index (χ0n) is 17.1. The first-order valence-electron chi connectivity index (χ1n) is 10.0. The van der Waals surface area contributed by atoms with Gasteiger partial charge in [0.2, 0.25) is 0 Å². The number of hydrogen-bond acceptors (Lipinski definition) is 2. The summed E-state index contributed by atoms with van der Waals surface area (Å²) in [6.45, 7) is 2.56. The van der Waals surface area contributed by atoms with Crippen molar-refractivity contribution in [3.8, 4) is 0 Å². The van der Waals surface area contributed by atoms with Crippen LogP contribution < -0.4 is 16.0 Å². The third-order valence-electron chi connectivity index (χ3n) is 4.89. The Labute approximate surface area is 172 Å². The largest absolute Gasteiger partial charge is 0.356 e. The Morgan fingerprint density at radius 1 is 1.03 bits per heavy atom. The quantitative estimate of drug-likeness (QED) is 0.314. The molecule has 2 aromatic carbocycles. The number of aromatic nitrogens is 1. The highest BCUT2D eigenvalue weighted by molar-refractivity contribution is 5.94. The minimum atomic E-state index is -0.0623. The van der Waals surface area contributed by atoms with E-state index in [1.165, 1.54) is 10.9 Å². The summed E-state index contributed by atoms with van der Waals surface area (Å²) in [5, 5.41) is 10.6. The molecule has 6 heteroatoms. The molecule has 152 valence electrons. The number of hydrogen-bond donors (Lipinski definition) is 3. The highest BCUT2D eigenvalue weighted by Gasteiger charge is 2.04. The summed E-state index contributed by atoms with van der Waals surface area (Å²) in [6.07, 6.45) is 3.97. The van der Waals surface area contributed by atoms with Crippen LogP contribution >= 0.6 is 0 Å². The summed E-state index contributed by atoms with van der Waals surface area (Å²) in [5.41, 5.74) is 3.08. The van der Waals surface area contributed by atoms with Crippen LogP contribution in [0.3, 0.4) is 0 Å². The monoisotopic (exact) mass is 391 g/mol. The zero-order valence-corrected chi connectivity index (χ0v) is 17.1. The zero-order chi connectivity index (χ0) is 20.5. The van der Waals surface area contributed by atoms with E-state index in [2.05, 4.69) is 62.0 Å². The van der Waals surface area contributed by atoms with Gasteiger partial charge in [0.1, 0.15) is 0 Å². The molecular formula is C23H29N5O. The second-order valence-electron chi connectivity index (χ2n) is 6.88. The molecule has 0 bridgehead atoms. The standard InChI is InChI=1S/C23H29N5O/c1-24-22(29)20-9-5-7-18(17-20)11-14-27-23(25-2)26-13-6-15-28-16-12-19-8-3-4-10-21(19)28/h3-5,7-10,12,16-17H,6,11,13-15H2,1-2H3,(H,24,29)(H2,25,26,27). The Bertz CT molecular complexity index is 976. The third kappa shape index (κ3) is 5.60. The first kappa shape index (κ1) is 20.5. The number of guanidine groups is 1. The molecule has 0 radical (unpaired) electrons. The van der Waals surface area contributed by atoms with Gasteiger partial charge in [0, 0.05) is 51.0 Å². The SMILES string of the molecule is CN=C(NCCCn1ccc2ccccc21)NCCc1cccc(C(=O)NC)c1. The molecule has 3 rings (SSSR count). The topological polar surface area (TPSA) is 70.5 Å². The van der Waals surface area contributed by atoms with Gasteiger partial charge in [-0.3, -0.25) is 9.79 Å². The van der Waals surface area contributed by atoms with Crippen molar-refractivity contribution in [3.05, 3.63) is 71.9 Å². The first-order valence-corrected chi connectivity index (χ1v) is 10.0. The molecule has 0 saturated carbocycles. The Kier molecular flexibility index (Phi) is 7.28. The number of fused-ring (bicyclic) bond motifs is 1. The van der Waals surface area contributed by atoms with Crippen molar-refractivity contribution in [2.75, 3.05) is 27.2 Å². The molecule has 0 saturated heterocycles. The molecule has 0 aliphatic carbocycles. The fourth-order valence-corrected chi connectivity index (χ4v) is 3.35. The van der Waals surface area contributed by atoms with Crippen molar-refractivity contribution >= 4 is 22.8 Å². The van der Waals surface area contributed by atoms with Gasteiger partial charge in [-0.15, -0.1) is 0 Å². The Hall–Kier alpha value is -3.28. The normalized spacial score (nSPS) is 11.4. The predicted octanol–water partition coefficient (Wildman–Crippen LogP) is 2.80. The number of rotatable bonds is 8. The average molecular weight is 392 g/mol. The van der Waals surface area contributed by atoms with Crippen molar-refractivity contribution in [1.29, 1.82) is 0 Å². The summed E-state index contributed by atoms with van der Waals surface area (Å²) >= 11 is 0. The molecular weight excluding hydrogens is 362 g/mol. The second-order valence-corrected chi connectivity index (χ2v) is 6.88. The summed E-state index contributed by atoms with van der Waals surface area (Å²) in [4.78, 5) is 16.0. The number of benzene rings is 2. The van der Waals surface area contributed by atoms with E-state index in [0.717, 1.165) is 44.0 Å². The number of carbonyl (C=O) groups is 1. The summed E-state index contributed by atoms with van der Waals surface area (Å²) in [7, 11) is 3.42. The van der Waals surface area contributed by atoms with Crippen LogP contribution in [0.5, 0.6) is 0 Å². The predicted molar refractivity (Wildman–Crippen MR) is 119 cm³/mol. The molecule has 29 heavy (non-hydrogen) atoms. The molecule has 0 aliphatic rings. The van der Waals surface area contributed by atoms with E-state index in [9.17, 15) is 4.79 Å². The van der Waals surface area contributed by atoms with Crippen LogP contribution in [-0.2, 0) is 13.0 Å². The molecule has 0 aliphatic heterocycles. The third-order valence-corrected chi connectivity index (χ3v) is 4.89. The minimum absolute atomic E-state index is 0.0623. The van der Waals surface area contributed by atoms with Crippen molar-refractivity contribution in [3.63, 3.8) is 0 Å². The lowest BCUT2D eigenvalue weighted by Gasteiger charge is -2.13. The lowest BCUT2D eigenvalue weighted by atomic mass is 10.1. The Balaban J connectivity index is 1.40. The smallest absolute Gasteiger partial charge is 0.251 e. The maximum Gasteiger partial charge on any atom is 0.251 e. The van der Waals surface area contributed by atoms with Gasteiger partial charge < -0.3 is 20.5 Å². The van der Waals surface area contributed by atoms with Crippen molar-refractivity contribution in [2.45, 2.75) is 19.4 Å². The number of aliphatic imine (C=N–C) groups is 1. The fraction of sp³-hybridized carbons (Fsp3) is 0.304. The first-order chi connectivity index (χ1) is 14.2. The maximum atomic E-state index is 11.7. The van der Waals surface area contributed by atoms with Crippen LogP contribution in [-0.4, -0.2) is 43.6 Å². The van der Waals surface area contributed by atoms with Gasteiger partial charge in [-0.05, 0) is 48.1 Å². The Morgan fingerprint density at radius 2 is 1.86 bits per heavy atom. The van der Waals surface area contributed by atoms with Crippen LogP contribution in [0.2, 0.25) is 0 Å². The van der Waals surface area contributed by atoms with Crippen molar-refractivity contribution < 1.29 is 4.79 Å². The number of aryl methyl sites for hydroxylation is 1. The molecule has 0 unspecified atom stereocenters. The van der Waals surface area contributed by atoms with Gasteiger partial charge in [0.25, 0.3) is 5.91 Å². The molecule has 1 amide bonds. The number of nitrogens with zero attached hydrogens (tertiary/aromatic N) is 2. The van der Waals surface area contributed by atoms with Crippen LogP contribution in [0, 0.1) is 0 Å². The van der Waals surface area contributed by atoms with Gasteiger partial charge in [0.05, 0.1) is 0 Å². The highest BCUT2D eigenvalue weighted by Crippen LogP contribution is 2.15. The number of amides is 1. The molecule has 0 spiro atoms. The van der Waals surface area contributed by atoms with Crippen molar-refractivity contribution in [1.82, 2.24) is 20.5 Å². The van der Waals surface area contributed by atoms with Crippen LogP contribution in [0.15, 0.2) is 65.8 Å². The van der Waals surface area contributed by atoms with Crippen molar-refractivity contribution in [2.24, 2.45) is 4.99 Å².